The number of para-hydroxylation sites is 1. The first-order valence-corrected chi connectivity index (χ1v) is 10.1. The van der Waals surface area contributed by atoms with Crippen LogP contribution < -0.4 is 14.2 Å². The normalized spacial score (nSPS) is 11.0. The zero-order valence-electron chi connectivity index (χ0n) is 18.2. The molecule has 3 aromatic carbocycles. The minimum absolute atomic E-state index is 0.151. The van der Waals surface area contributed by atoms with Gasteiger partial charge in [-0.15, -0.1) is 0 Å². The van der Waals surface area contributed by atoms with Gasteiger partial charge in [-0.2, -0.15) is 0 Å². The van der Waals surface area contributed by atoms with Crippen molar-refractivity contribution in [2.24, 2.45) is 0 Å². The molecule has 0 bridgehead atoms. The Kier molecular flexibility index (Phi) is 6.17. The van der Waals surface area contributed by atoms with Gasteiger partial charge in [0.2, 0.25) is 0 Å². The van der Waals surface area contributed by atoms with E-state index < -0.39 is 0 Å². The van der Waals surface area contributed by atoms with Crippen LogP contribution in [0.3, 0.4) is 0 Å². The Bertz CT molecular complexity index is 1290. The van der Waals surface area contributed by atoms with Crippen molar-refractivity contribution in [2.45, 2.75) is 0 Å². The number of ether oxygens (including phenoxy) is 3. The summed E-state index contributed by atoms with van der Waals surface area (Å²) < 4.78 is 15.8. The minimum atomic E-state index is -0.151. The van der Waals surface area contributed by atoms with Crippen molar-refractivity contribution >= 4 is 22.8 Å². The third-order valence-electron chi connectivity index (χ3n) is 5.22. The Morgan fingerprint density at radius 3 is 2.28 bits per heavy atom. The monoisotopic (exact) mass is 425 g/mol. The highest BCUT2D eigenvalue weighted by Gasteiger charge is 2.11. The van der Waals surface area contributed by atoms with Crippen LogP contribution in [-0.4, -0.2) is 32.1 Å². The Labute approximate surface area is 186 Å². The fourth-order valence-electron chi connectivity index (χ4n) is 3.50. The van der Waals surface area contributed by atoms with Crippen LogP contribution in [0.4, 0.5) is 0 Å². The summed E-state index contributed by atoms with van der Waals surface area (Å²) >= 11 is 0. The molecule has 0 atom stereocenters. The van der Waals surface area contributed by atoms with Crippen molar-refractivity contribution in [3.05, 3.63) is 90.1 Å². The predicted octanol–water partition coefficient (Wildman–Crippen LogP) is 5.82. The van der Waals surface area contributed by atoms with Crippen LogP contribution in [0.25, 0.3) is 28.1 Å². The number of allylic oxidation sites excluding steroid dienone is 1. The van der Waals surface area contributed by atoms with Gasteiger partial charge in [0.25, 0.3) is 0 Å². The van der Waals surface area contributed by atoms with Gasteiger partial charge in [-0.25, -0.2) is 4.98 Å². The van der Waals surface area contributed by atoms with E-state index in [-0.39, 0.29) is 5.78 Å². The zero-order valence-corrected chi connectivity index (χ0v) is 18.2. The molecule has 4 rings (SSSR count). The first-order chi connectivity index (χ1) is 15.6. The number of hydrogen-bond acceptors (Lipinski definition) is 5. The molecule has 0 spiro atoms. The molecule has 0 saturated carbocycles. The summed E-state index contributed by atoms with van der Waals surface area (Å²) in [6, 6.07) is 22.9. The number of carbonyl (C=O) groups excluding carboxylic acids is 1. The summed E-state index contributed by atoms with van der Waals surface area (Å²) in [5.41, 5.74) is 4.00. The quantitative estimate of drug-likeness (QED) is 0.276. The van der Waals surface area contributed by atoms with Crippen LogP contribution >= 0.6 is 0 Å². The number of methoxy groups -OCH3 is 3. The second-order valence-electron chi connectivity index (χ2n) is 7.11. The number of pyridine rings is 1. The standard InChI is InChI=1S/C27H23NO4/c1-30-21-11-8-18(9-12-21)22-16-19-6-4-5-7-23(19)28-24(22)13-14-25(29)20-10-15-26(31-2)27(17-20)32-3/h4-17H,1-3H3/b14-13+. The lowest BCUT2D eigenvalue weighted by Crippen LogP contribution is -1.98. The lowest BCUT2D eigenvalue weighted by atomic mass is 10.0. The maximum Gasteiger partial charge on any atom is 0.186 e. The largest absolute Gasteiger partial charge is 0.497 e. The minimum Gasteiger partial charge on any atom is -0.497 e. The van der Waals surface area contributed by atoms with E-state index in [2.05, 4.69) is 6.07 Å². The van der Waals surface area contributed by atoms with Gasteiger partial charge < -0.3 is 14.2 Å². The average molecular weight is 425 g/mol. The maximum absolute atomic E-state index is 12.9. The lowest BCUT2D eigenvalue weighted by molar-refractivity contribution is 0.104. The SMILES string of the molecule is COc1ccc(-c2cc3ccccc3nc2/C=C/C(=O)c2ccc(OC)c(OC)c2)cc1. The van der Waals surface area contributed by atoms with Gasteiger partial charge in [-0.3, -0.25) is 4.79 Å². The van der Waals surface area contributed by atoms with Crippen LogP contribution in [0.15, 0.2) is 78.9 Å². The summed E-state index contributed by atoms with van der Waals surface area (Å²) in [5, 5.41) is 1.03. The molecule has 0 unspecified atom stereocenters. The van der Waals surface area contributed by atoms with E-state index >= 15 is 0 Å². The van der Waals surface area contributed by atoms with Crippen molar-refractivity contribution in [3.63, 3.8) is 0 Å². The van der Waals surface area contributed by atoms with Gasteiger partial charge in [-0.05, 0) is 60.2 Å². The molecule has 4 aromatic rings. The molecule has 1 heterocycles. The molecule has 0 radical (unpaired) electrons. The molecular weight excluding hydrogens is 402 g/mol. The Morgan fingerprint density at radius 2 is 1.56 bits per heavy atom. The highest BCUT2D eigenvalue weighted by atomic mass is 16.5. The molecule has 32 heavy (non-hydrogen) atoms. The third-order valence-corrected chi connectivity index (χ3v) is 5.22. The number of fused-ring (bicyclic) bond motifs is 1. The summed E-state index contributed by atoms with van der Waals surface area (Å²) in [5.74, 6) is 1.71. The summed E-state index contributed by atoms with van der Waals surface area (Å²) in [7, 11) is 4.74. The number of nitrogens with zero attached hydrogens (tertiary/aromatic N) is 1. The van der Waals surface area contributed by atoms with Crippen LogP contribution in [-0.2, 0) is 0 Å². The molecule has 5 nitrogen and oxygen atoms in total. The number of ketones is 1. The first kappa shape index (κ1) is 21.1. The van der Waals surface area contributed by atoms with Crippen molar-refractivity contribution in [3.8, 4) is 28.4 Å². The molecule has 5 heteroatoms. The molecule has 0 aliphatic carbocycles. The average Bonchev–Trinajstić information content (AvgIpc) is 2.86. The van der Waals surface area contributed by atoms with Gasteiger partial charge in [0.1, 0.15) is 5.75 Å². The molecule has 0 aliphatic rings. The highest BCUT2D eigenvalue weighted by Crippen LogP contribution is 2.30. The molecular formula is C27H23NO4. The molecule has 160 valence electrons. The lowest BCUT2D eigenvalue weighted by Gasteiger charge is -2.10. The van der Waals surface area contributed by atoms with E-state index in [9.17, 15) is 4.79 Å². The fourth-order valence-corrected chi connectivity index (χ4v) is 3.50. The summed E-state index contributed by atoms with van der Waals surface area (Å²) in [4.78, 5) is 17.7. The topological polar surface area (TPSA) is 57.7 Å². The van der Waals surface area contributed by atoms with Crippen molar-refractivity contribution < 1.29 is 19.0 Å². The second-order valence-corrected chi connectivity index (χ2v) is 7.11. The number of aromatic nitrogens is 1. The van der Waals surface area contributed by atoms with Gasteiger partial charge in [0.05, 0.1) is 32.5 Å². The van der Waals surface area contributed by atoms with E-state index in [1.54, 1.807) is 45.6 Å². The smallest absolute Gasteiger partial charge is 0.186 e. The van der Waals surface area contributed by atoms with Gasteiger partial charge >= 0.3 is 0 Å². The van der Waals surface area contributed by atoms with Crippen molar-refractivity contribution in [2.75, 3.05) is 21.3 Å². The first-order valence-electron chi connectivity index (χ1n) is 10.1. The van der Waals surface area contributed by atoms with Gasteiger partial charge in [-0.1, -0.05) is 30.3 Å². The van der Waals surface area contributed by atoms with Gasteiger partial charge in [0, 0.05) is 16.5 Å². The summed E-state index contributed by atoms with van der Waals surface area (Å²) in [6.45, 7) is 0. The zero-order chi connectivity index (χ0) is 22.5. The fraction of sp³-hybridized carbons (Fsp3) is 0.111. The molecule has 0 fully saturated rings. The number of carbonyl (C=O) groups is 1. The Balaban J connectivity index is 1.74. The molecule has 0 amide bonds. The molecule has 0 N–H and O–H groups in total. The molecule has 0 saturated heterocycles. The number of rotatable bonds is 7. The van der Waals surface area contributed by atoms with Crippen LogP contribution in [0.2, 0.25) is 0 Å². The van der Waals surface area contributed by atoms with E-state index in [1.165, 1.54) is 6.08 Å². The third kappa shape index (κ3) is 4.32. The van der Waals surface area contributed by atoms with Crippen LogP contribution in [0.5, 0.6) is 17.2 Å². The van der Waals surface area contributed by atoms with Gasteiger partial charge in [0.15, 0.2) is 17.3 Å². The number of hydrogen-bond donors (Lipinski definition) is 0. The van der Waals surface area contributed by atoms with Crippen LogP contribution in [0, 0.1) is 0 Å². The summed E-state index contributed by atoms with van der Waals surface area (Å²) in [6.07, 6.45) is 3.29. The van der Waals surface area contributed by atoms with E-state index in [0.717, 1.165) is 27.8 Å². The van der Waals surface area contributed by atoms with E-state index in [1.807, 2.05) is 48.5 Å². The van der Waals surface area contributed by atoms with Crippen molar-refractivity contribution in [1.29, 1.82) is 0 Å². The van der Waals surface area contributed by atoms with E-state index in [0.29, 0.717) is 22.8 Å². The Hall–Kier alpha value is -4.12. The Morgan fingerprint density at radius 1 is 0.812 bits per heavy atom. The second kappa shape index (κ2) is 9.35. The predicted molar refractivity (Wildman–Crippen MR) is 127 cm³/mol. The molecule has 1 aromatic heterocycles. The maximum atomic E-state index is 12.9. The van der Waals surface area contributed by atoms with E-state index in [4.69, 9.17) is 19.2 Å². The number of benzene rings is 3. The highest BCUT2D eigenvalue weighted by molar-refractivity contribution is 6.07. The van der Waals surface area contributed by atoms with Crippen molar-refractivity contribution in [1.82, 2.24) is 4.98 Å². The van der Waals surface area contributed by atoms with Crippen LogP contribution in [0.1, 0.15) is 16.1 Å². The molecule has 0 aliphatic heterocycles.